The van der Waals surface area contributed by atoms with E-state index in [0.29, 0.717) is 17.6 Å². The van der Waals surface area contributed by atoms with Gasteiger partial charge in [0.15, 0.2) is 0 Å². The maximum Gasteiger partial charge on any atom is 0.349 e. The zero-order chi connectivity index (χ0) is 15.4. The summed E-state index contributed by atoms with van der Waals surface area (Å²) in [7, 11) is 1.52. The first-order chi connectivity index (χ1) is 10.0. The Kier molecular flexibility index (Phi) is 4.81. The molecule has 1 fully saturated rings. The first kappa shape index (κ1) is 15.3. The number of carbonyl (C=O) groups is 1. The number of hydrogen-bond acceptors (Lipinski definition) is 5. The minimum Gasteiger partial charge on any atom is -0.461 e. The molecule has 0 unspecified atom stereocenters. The number of carbonyl (C=O) groups excluding carboxylic acids is 1. The first-order valence-electron chi connectivity index (χ1n) is 6.96. The second kappa shape index (κ2) is 6.59. The molecule has 2 rings (SSSR count). The van der Waals surface area contributed by atoms with Crippen LogP contribution < -0.4 is 0 Å². The van der Waals surface area contributed by atoms with E-state index in [0.717, 1.165) is 12.2 Å². The summed E-state index contributed by atoms with van der Waals surface area (Å²) in [6.45, 7) is 4.16. The van der Waals surface area contributed by atoms with E-state index in [1.165, 1.54) is 13.2 Å². The lowest BCUT2D eigenvalue weighted by Crippen LogP contribution is -2.20. The molecule has 21 heavy (non-hydrogen) atoms. The van der Waals surface area contributed by atoms with Crippen LogP contribution in [0.2, 0.25) is 0 Å². The van der Waals surface area contributed by atoms with Gasteiger partial charge in [0.2, 0.25) is 0 Å². The van der Waals surface area contributed by atoms with Gasteiger partial charge in [0.1, 0.15) is 29.3 Å². The average Bonchev–Trinajstić information content (AvgIpc) is 2.99. The van der Waals surface area contributed by atoms with Gasteiger partial charge in [-0.3, -0.25) is 0 Å². The van der Waals surface area contributed by atoms with Gasteiger partial charge >= 0.3 is 5.97 Å². The number of ether oxygens (including phenoxy) is 2. The zero-order valence-corrected chi connectivity index (χ0v) is 12.5. The quantitative estimate of drug-likeness (QED) is 0.457. The largest absolute Gasteiger partial charge is 0.461 e. The number of hydrogen-bond donors (Lipinski definition) is 0. The minimum absolute atomic E-state index is 0.0808. The van der Waals surface area contributed by atoms with Crippen molar-refractivity contribution in [2.24, 2.45) is 5.92 Å². The van der Waals surface area contributed by atoms with Crippen molar-refractivity contribution in [2.75, 3.05) is 13.7 Å². The van der Waals surface area contributed by atoms with Gasteiger partial charge in [0.05, 0.1) is 6.61 Å². The summed E-state index contributed by atoms with van der Waals surface area (Å²) in [4.78, 5) is 11.9. The summed E-state index contributed by atoms with van der Waals surface area (Å²) in [5.74, 6) is 1.85. The smallest absolute Gasteiger partial charge is 0.349 e. The molecule has 0 aliphatic heterocycles. The van der Waals surface area contributed by atoms with E-state index in [1.807, 2.05) is 12.1 Å². The van der Waals surface area contributed by atoms with Crippen LogP contribution in [0.1, 0.15) is 37.7 Å². The molecule has 0 radical (unpaired) electrons. The fourth-order valence-electron chi connectivity index (χ4n) is 2.16. The average molecular weight is 289 g/mol. The molecule has 3 atom stereocenters. The van der Waals surface area contributed by atoms with Crippen molar-refractivity contribution in [3.05, 3.63) is 29.2 Å². The number of nitrogens with zero attached hydrogens (tertiary/aromatic N) is 1. The normalized spacial score (nSPS) is 22.5. The summed E-state index contributed by atoms with van der Waals surface area (Å²) < 4.78 is 15.6. The highest BCUT2D eigenvalue weighted by Crippen LogP contribution is 2.47. The van der Waals surface area contributed by atoms with Crippen LogP contribution in [0.3, 0.4) is 0 Å². The summed E-state index contributed by atoms with van der Waals surface area (Å²) in [6.07, 6.45) is 2.13. The Balaban J connectivity index is 2.04. The van der Waals surface area contributed by atoms with Gasteiger partial charge in [-0.2, -0.15) is 5.26 Å². The molecule has 5 nitrogen and oxygen atoms in total. The third-order valence-corrected chi connectivity index (χ3v) is 3.46. The van der Waals surface area contributed by atoms with Crippen molar-refractivity contribution in [2.45, 2.75) is 32.3 Å². The third-order valence-electron chi connectivity index (χ3n) is 3.46. The van der Waals surface area contributed by atoms with Gasteiger partial charge in [-0.25, -0.2) is 4.79 Å². The van der Waals surface area contributed by atoms with Crippen molar-refractivity contribution in [1.82, 2.24) is 0 Å². The predicted octanol–water partition coefficient (Wildman–Crippen LogP) is 2.89. The topological polar surface area (TPSA) is 72.5 Å². The Morgan fingerprint density at radius 1 is 1.62 bits per heavy atom. The lowest BCUT2D eigenvalue weighted by atomic mass is 10.2. The van der Waals surface area contributed by atoms with Crippen LogP contribution in [-0.2, 0) is 14.3 Å². The molecule has 0 spiro atoms. The van der Waals surface area contributed by atoms with E-state index < -0.39 is 12.1 Å². The Bertz CT molecular complexity index is 581. The first-order valence-corrected chi connectivity index (χ1v) is 6.96. The molecule has 1 heterocycles. The summed E-state index contributed by atoms with van der Waals surface area (Å²) in [5, 5.41) is 9.08. The number of furan rings is 1. The van der Waals surface area contributed by atoms with Gasteiger partial charge in [-0.15, -0.1) is 0 Å². The summed E-state index contributed by atoms with van der Waals surface area (Å²) in [5.41, 5.74) is -0.0808. The standard InChI is InChI=1S/C16H19NO4/c1-10-6-14(10)15-5-4-13(21-15)7-12(8-17)16(18)20-11(2)9-19-3/h4-5,7,10-11,14H,6,9H2,1-3H3/b12-7+/t10-,11+,14-/m1/s1. The molecule has 1 aliphatic rings. The van der Waals surface area contributed by atoms with Crippen molar-refractivity contribution in [3.8, 4) is 6.07 Å². The van der Waals surface area contributed by atoms with Crippen molar-refractivity contribution < 1.29 is 18.7 Å². The molecular formula is C16H19NO4. The monoisotopic (exact) mass is 289 g/mol. The van der Waals surface area contributed by atoms with E-state index in [-0.39, 0.29) is 12.2 Å². The number of rotatable bonds is 6. The summed E-state index contributed by atoms with van der Waals surface area (Å²) in [6, 6.07) is 5.51. The van der Waals surface area contributed by atoms with Gasteiger partial charge in [-0.1, -0.05) is 6.92 Å². The summed E-state index contributed by atoms with van der Waals surface area (Å²) >= 11 is 0. The second-order valence-electron chi connectivity index (χ2n) is 5.40. The molecule has 1 aromatic rings. The number of esters is 1. The lowest BCUT2D eigenvalue weighted by molar-refractivity contribution is -0.145. The van der Waals surface area contributed by atoms with Crippen LogP contribution in [0, 0.1) is 17.2 Å². The molecule has 0 aromatic carbocycles. The fourth-order valence-corrected chi connectivity index (χ4v) is 2.16. The lowest BCUT2D eigenvalue weighted by Gasteiger charge is -2.11. The van der Waals surface area contributed by atoms with Crippen LogP contribution in [0.4, 0.5) is 0 Å². The molecule has 0 saturated heterocycles. The van der Waals surface area contributed by atoms with Crippen molar-refractivity contribution >= 4 is 12.0 Å². The molecule has 0 N–H and O–H groups in total. The van der Waals surface area contributed by atoms with E-state index in [4.69, 9.17) is 19.2 Å². The van der Waals surface area contributed by atoms with Crippen LogP contribution in [0.15, 0.2) is 22.1 Å². The molecule has 1 aliphatic carbocycles. The van der Waals surface area contributed by atoms with Gasteiger partial charge in [-0.05, 0) is 31.4 Å². The maximum atomic E-state index is 11.9. The van der Waals surface area contributed by atoms with Crippen LogP contribution in [0.5, 0.6) is 0 Å². The SMILES string of the molecule is COC[C@H](C)OC(=O)/C(C#N)=C/c1ccc([C@@H]2C[C@H]2C)o1. The van der Waals surface area contributed by atoms with Gasteiger partial charge in [0.25, 0.3) is 0 Å². The fraction of sp³-hybridized carbons (Fsp3) is 0.500. The molecule has 112 valence electrons. The predicted molar refractivity (Wildman–Crippen MR) is 76.3 cm³/mol. The van der Waals surface area contributed by atoms with E-state index in [9.17, 15) is 4.79 Å². The molecule has 1 saturated carbocycles. The van der Waals surface area contributed by atoms with Gasteiger partial charge in [0, 0.05) is 19.1 Å². The van der Waals surface area contributed by atoms with Crippen molar-refractivity contribution in [3.63, 3.8) is 0 Å². The van der Waals surface area contributed by atoms with E-state index in [1.54, 1.807) is 13.0 Å². The molecular weight excluding hydrogens is 270 g/mol. The molecule has 5 heteroatoms. The second-order valence-corrected chi connectivity index (χ2v) is 5.40. The van der Waals surface area contributed by atoms with Gasteiger partial charge < -0.3 is 13.9 Å². The van der Waals surface area contributed by atoms with E-state index in [2.05, 4.69) is 6.92 Å². The Hall–Kier alpha value is -2.06. The number of nitriles is 1. The molecule has 1 aromatic heterocycles. The maximum absolute atomic E-state index is 11.9. The zero-order valence-electron chi connectivity index (χ0n) is 12.5. The highest BCUT2D eigenvalue weighted by atomic mass is 16.6. The number of methoxy groups -OCH3 is 1. The highest BCUT2D eigenvalue weighted by molar-refractivity contribution is 5.97. The Labute approximate surface area is 124 Å². The third kappa shape index (κ3) is 3.96. The Morgan fingerprint density at radius 2 is 2.33 bits per heavy atom. The van der Waals surface area contributed by atoms with Crippen LogP contribution in [-0.4, -0.2) is 25.8 Å². The Morgan fingerprint density at radius 3 is 2.90 bits per heavy atom. The minimum atomic E-state index is -0.667. The highest BCUT2D eigenvalue weighted by Gasteiger charge is 2.36. The molecule has 0 amide bonds. The van der Waals surface area contributed by atoms with E-state index >= 15 is 0 Å². The van der Waals surface area contributed by atoms with Crippen molar-refractivity contribution in [1.29, 1.82) is 5.26 Å². The van der Waals surface area contributed by atoms with Crippen LogP contribution >= 0.6 is 0 Å². The van der Waals surface area contributed by atoms with Crippen LogP contribution in [0.25, 0.3) is 6.08 Å². The molecule has 0 bridgehead atoms.